The van der Waals surface area contributed by atoms with E-state index in [0.29, 0.717) is 5.69 Å². The minimum Gasteiger partial charge on any atom is -0.396 e. The molecule has 0 saturated carbocycles. The smallest absolute Gasteiger partial charge is 0.260 e. The van der Waals surface area contributed by atoms with Crippen LogP contribution in [0.3, 0.4) is 0 Å². The molecule has 0 saturated heterocycles. The molecular formula is C12H11FN2O2. The van der Waals surface area contributed by atoms with E-state index in [1.54, 1.807) is 12.1 Å². The van der Waals surface area contributed by atoms with Crippen molar-refractivity contribution in [2.24, 2.45) is 0 Å². The van der Waals surface area contributed by atoms with Crippen LogP contribution in [0.1, 0.15) is 5.56 Å². The lowest BCUT2D eigenvalue weighted by molar-refractivity contribution is 0.279. The second-order valence-electron chi connectivity index (χ2n) is 3.57. The lowest BCUT2D eigenvalue weighted by atomic mass is 10.2. The van der Waals surface area contributed by atoms with Gasteiger partial charge in [0.1, 0.15) is 5.82 Å². The van der Waals surface area contributed by atoms with Gasteiger partial charge in [0, 0.05) is 17.8 Å². The summed E-state index contributed by atoms with van der Waals surface area (Å²) < 4.78 is 14.5. The number of benzene rings is 1. The Balaban J connectivity index is 2.61. The third kappa shape index (κ3) is 2.05. The molecule has 0 atom stereocenters. The second kappa shape index (κ2) is 4.39. The van der Waals surface area contributed by atoms with E-state index in [4.69, 9.17) is 10.8 Å². The zero-order valence-electron chi connectivity index (χ0n) is 8.93. The van der Waals surface area contributed by atoms with Gasteiger partial charge in [0.2, 0.25) is 0 Å². The number of hydrogen-bond acceptors (Lipinski definition) is 3. The average Bonchev–Trinajstić information content (AvgIpc) is 2.33. The van der Waals surface area contributed by atoms with Crippen LogP contribution in [0.2, 0.25) is 0 Å². The normalized spacial score (nSPS) is 10.5. The molecule has 0 unspecified atom stereocenters. The summed E-state index contributed by atoms with van der Waals surface area (Å²) >= 11 is 0. The summed E-state index contributed by atoms with van der Waals surface area (Å²) in [6, 6.07) is 7.25. The van der Waals surface area contributed by atoms with E-state index >= 15 is 0 Å². The first-order chi connectivity index (χ1) is 8.13. The van der Waals surface area contributed by atoms with Crippen LogP contribution in [0.5, 0.6) is 0 Å². The predicted molar refractivity (Wildman–Crippen MR) is 62.3 cm³/mol. The van der Waals surface area contributed by atoms with Crippen LogP contribution in [0.15, 0.2) is 41.3 Å². The molecule has 4 nitrogen and oxygen atoms in total. The SMILES string of the molecule is Nc1ccc(-n2cccc(CO)c2=O)cc1F. The fourth-order valence-electron chi connectivity index (χ4n) is 1.53. The number of rotatable bonds is 2. The number of anilines is 1. The lowest BCUT2D eigenvalue weighted by Crippen LogP contribution is -2.21. The molecule has 0 aliphatic heterocycles. The Morgan fingerprint density at radius 3 is 2.76 bits per heavy atom. The summed E-state index contributed by atoms with van der Waals surface area (Å²) in [5.41, 5.74) is 5.64. The highest BCUT2D eigenvalue weighted by Gasteiger charge is 2.06. The maximum Gasteiger partial charge on any atom is 0.260 e. The number of nitrogen functional groups attached to an aromatic ring is 1. The number of aliphatic hydroxyl groups excluding tert-OH is 1. The molecular weight excluding hydrogens is 223 g/mol. The molecule has 1 aromatic heterocycles. The Hall–Kier alpha value is -2.14. The Labute approximate surface area is 96.7 Å². The van der Waals surface area contributed by atoms with E-state index in [1.165, 1.54) is 29.0 Å². The fourth-order valence-corrected chi connectivity index (χ4v) is 1.53. The summed E-state index contributed by atoms with van der Waals surface area (Å²) in [4.78, 5) is 11.8. The maximum atomic E-state index is 13.3. The van der Waals surface area contributed by atoms with Crippen molar-refractivity contribution in [3.05, 3.63) is 58.3 Å². The van der Waals surface area contributed by atoms with Gasteiger partial charge in [-0.15, -0.1) is 0 Å². The first-order valence-corrected chi connectivity index (χ1v) is 5.00. The van der Waals surface area contributed by atoms with Crippen LogP contribution in [0.25, 0.3) is 5.69 Å². The first-order valence-electron chi connectivity index (χ1n) is 5.00. The van der Waals surface area contributed by atoms with Crippen molar-refractivity contribution in [3.63, 3.8) is 0 Å². The Kier molecular flexibility index (Phi) is 2.93. The number of hydrogen-bond donors (Lipinski definition) is 2. The molecule has 1 aromatic carbocycles. The minimum absolute atomic E-state index is 0.0279. The highest BCUT2D eigenvalue weighted by molar-refractivity contribution is 5.46. The fraction of sp³-hybridized carbons (Fsp3) is 0.0833. The van der Waals surface area contributed by atoms with Crippen molar-refractivity contribution in [3.8, 4) is 5.69 Å². The number of aliphatic hydroxyl groups is 1. The van der Waals surface area contributed by atoms with E-state index < -0.39 is 5.82 Å². The number of pyridine rings is 1. The van der Waals surface area contributed by atoms with Crippen molar-refractivity contribution in [1.82, 2.24) is 4.57 Å². The monoisotopic (exact) mass is 234 g/mol. The zero-order chi connectivity index (χ0) is 12.4. The Morgan fingerprint density at radius 2 is 2.12 bits per heavy atom. The maximum absolute atomic E-state index is 13.3. The van der Waals surface area contributed by atoms with Crippen LogP contribution in [0, 0.1) is 5.82 Å². The molecule has 0 radical (unpaired) electrons. The van der Waals surface area contributed by atoms with Crippen LogP contribution in [-0.2, 0) is 6.61 Å². The topological polar surface area (TPSA) is 68.2 Å². The molecule has 3 N–H and O–H groups in total. The highest BCUT2D eigenvalue weighted by Crippen LogP contribution is 2.14. The third-order valence-electron chi connectivity index (χ3n) is 2.46. The van der Waals surface area contributed by atoms with Gasteiger partial charge >= 0.3 is 0 Å². The van der Waals surface area contributed by atoms with E-state index in [-0.39, 0.29) is 23.4 Å². The molecule has 1 heterocycles. The summed E-state index contributed by atoms with van der Waals surface area (Å²) in [5, 5.41) is 8.98. The summed E-state index contributed by atoms with van der Waals surface area (Å²) in [6.45, 7) is -0.350. The van der Waals surface area contributed by atoms with Gasteiger partial charge in [-0.25, -0.2) is 4.39 Å². The minimum atomic E-state index is -0.580. The van der Waals surface area contributed by atoms with Crippen LogP contribution in [-0.4, -0.2) is 9.67 Å². The largest absolute Gasteiger partial charge is 0.396 e. The third-order valence-corrected chi connectivity index (χ3v) is 2.46. The molecule has 2 rings (SSSR count). The van der Waals surface area contributed by atoms with Gasteiger partial charge in [0.15, 0.2) is 0 Å². The molecule has 2 aromatic rings. The first kappa shape index (κ1) is 11.3. The van der Waals surface area contributed by atoms with Gasteiger partial charge in [0.25, 0.3) is 5.56 Å². The molecule has 0 aliphatic carbocycles. The van der Waals surface area contributed by atoms with Crippen molar-refractivity contribution in [1.29, 1.82) is 0 Å². The molecule has 0 bridgehead atoms. The second-order valence-corrected chi connectivity index (χ2v) is 3.57. The van der Waals surface area contributed by atoms with Crippen molar-refractivity contribution in [2.75, 3.05) is 5.73 Å². The number of nitrogens with two attached hydrogens (primary N) is 1. The van der Waals surface area contributed by atoms with E-state index in [2.05, 4.69) is 0 Å². The number of nitrogens with zero attached hydrogens (tertiary/aromatic N) is 1. The van der Waals surface area contributed by atoms with Gasteiger partial charge in [-0.05, 0) is 24.3 Å². The summed E-state index contributed by atoms with van der Waals surface area (Å²) in [6.07, 6.45) is 1.51. The van der Waals surface area contributed by atoms with E-state index in [9.17, 15) is 9.18 Å². The lowest BCUT2D eigenvalue weighted by Gasteiger charge is -2.07. The van der Waals surface area contributed by atoms with Crippen LogP contribution >= 0.6 is 0 Å². The molecule has 0 spiro atoms. The summed E-state index contributed by atoms with van der Waals surface area (Å²) in [7, 11) is 0. The van der Waals surface area contributed by atoms with Crippen molar-refractivity contribution >= 4 is 5.69 Å². The van der Waals surface area contributed by atoms with Crippen molar-refractivity contribution < 1.29 is 9.50 Å². The summed E-state index contributed by atoms with van der Waals surface area (Å²) in [5.74, 6) is -0.580. The van der Waals surface area contributed by atoms with Gasteiger partial charge in [0.05, 0.1) is 18.0 Å². The van der Waals surface area contributed by atoms with Gasteiger partial charge < -0.3 is 10.8 Å². The molecule has 0 aliphatic rings. The molecule has 88 valence electrons. The average molecular weight is 234 g/mol. The highest BCUT2D eigenvalue weighted by atomic mass is 19.1. The van der Waals surface area contributed by atoms with Gasteiger partial charge in [-0.2, -0.15) is 0 Å². The standard InChI is InChI=1S/C12H11FN2O2/c13-10-6-9(3-4-11(10)14)15-5-1-2-8(7-16)12(15)17/h1-6,16H,7,14H2. The van der Waals surface area contributed by atoms with Gasteiger partial charge in [-0.3, -0.25) is 9.36 Å². The molecule has 0 fully saturated rings. The quantitative estimate of drug-likeness (QED) is 0.763. The van der Waals surface area contributed by atoms with Crippen molar-refractivity contribution in [2.45, 2.75) is 6.61 Å². The van der Waals surface area contributed by atoms with Gasteiger partial charge in [-0.1, -0.05) is 0 Å². The molecule has 5 heteroatoms. The zero-order valence-corrected chi connectivity index (χ0v) is 8.93. The van der Waals surface area contributed by atoms with E-state index in [0.717, 1.165) is 0 Å². The Morgan fingerprint density at radius 1 is 1.35 bits per heavy atom. The van der Waals surface area contributed by atoms with Crippen LogP contribution < -0.4 is 11.3 Å². The predicted octanol–water partition coefficient (Wildman–Crippen LogP) is 1.05. The van der Waals surface area contributed by atoms with E-state index in [1.807, 2.05) is 0 Å². The molecule has 0 amide bonds. The Bertz CT molecular complexity index is 608. The van der Waals surface area contributed by atoms with Crippen LogP contribution in [0.4, 0.5) is 10.1 Å². The number of aromatic nitrogens is 1. The number of halogens is 1. The molecule has 17 heavy (non-hydrogen) atoms.